The lowest BCUT2D eigenvalue weighted by molar-refractivity contribution is -0.148. The Kier molecular flexibility index (Phi) is 6.07. The van der Waals surface area contributed by atoms with Crippen LogP contribution in [0.15, 0.2) is 0 Å². The van der Waals surface area contributed by atoms with Gasteiger partial charge in [0.15, 0.2) is 0 Å². The number of carbonyl (C=O) groups excluding carboxylic acids is 2. The molecule has 0 aromatic carbocycles. The summed E-state index contributed by atoms with van der Waals surface area (Å²) in [5.41, 5.74) is 0. The van der Waals surface area contributed by atoms with Crippen molar-refractivity contribution in [3.63, 3.8) is 0 Å². The fraction of sp³-hybridized carbons (Fsp3) is 0.833. The van der Waals surface area contributed by atoms with Crippen LogP contribution in [-0.4, -0.2) is 62.3 Å². The molecule has 0 radical (unpaired) electrons. The molecule has 2 atom stereocenters. The van der Waals surface area contributed by atoms with Crippen molar-refractivity contribution in [2.45, 2.75) is 32.4 Å². The highest BCUT2D eigenvalue weighted by molar-refractivity contribution is 5.96. The zero-order valence-electron chi connectivity index (χ0n) is 11.3. The first-order valence-corrected chi connectivity index (χ1v) is 6.25. The molecule has 18 heavy (non-hydrogen) atoms. The van der Waals surface area contributed by atoms with E-state index in [2.05, 4.69) is 5.32 Å². The van der Waals surface area contributed by atoms with Gasteiger partial charge in [-0.1, -0.05) is 0 Å². The standard InChI is InChI=1S/C12H22N2O4/c1-9-12(16)14(10(2)11(15)13-9)5-4-6-18-8-7-17-3/h9-10H,4-8H2,1-3H3,(H,13,15). The van der Waals surface area contributed by atoms with E-state index in [0.29, 0.717) is 26.4 Å². The van der Waals surface area contributed by atoms with Gasteiger partial charge in [-0.15, -0.1) is 0 Å². The van der Waals surface area contributed by atoms with E-state index in [1.165, 1.54) is 0 Å². The van der Waals surface area contributed by atoms with Crippen molar-refractivity contribution in [3.05, 3.63) is 0 Å². The van der Waals surface area contributed by atoms with Crippen molar-refractivity contribution in [3.8, 4) is 0 Å². The molecule has 0 spiro atoms. The van der Waals surface area contributed by atoms with Crippen LogP contribution in [0.4, 0.5) is 0 Å². The van der Waals surface area contributed by atoms with Crippen LogP contribution in [0, 0.1) is 0 Å². The smallest absolute Gasteiger partial charge is 0.245 e. The maximum atomic E-state index is 11.9. The molecule has 0 saturated carbocycles. The average molecular weight is 258 g/mol. The van der Waals surface area contributed by atoms with Gasteiger partial charge in [0.2, 0.25) is 11.8 Å². The Morgan fingerprint density at radius 1 is 1.22 bits per heavy atom. The minimum Gasteiger partial charge on any atom is -0.382 e. The lowest BCUT2D eigenvalue weighted by Gasteiger charge is -2.36. The van der Waals surface area contributed by atoms with Gasteiger partial charge < -0.3 is 19.7 Å². The Balaban J connectivity index is 2.30. The van der Waals surface area contributed by atoms with Crippen LogP contribution in [0.25, 0.3) is 0 Å². The average Bonchev–Trinajstić information content (AvgIpc) is 2.35. The number of hydrogen-bond donors (Lipinski definition) is 1. The van der Waals surface area contributed by atoms with Crippen molar-refractivity contribution < 1.29 is 19.1 Å². The van der Waals surface area contributed by atoms with E-state index in [1.54, 1.807) is 25.9 Å². The summed E-state index contributed by atoms with van der Waals surface area (Å²) in [4.78, 5) is 25.1. The molecule has 1 aliphatic heterocycles. The second-order valence-electron chi connectivity index (χ2n) is 4.40. The van der Waals surface area contributed by atoms with Gasteiger partial charge in [0.05, 0.1) is 13.2 Å². The first kappa shape index (κ1) is 14.9. The maximum Gasteiger partial charge on any atom is 0.245 e. The van der Waals surface area contributed by atoms with E-state index < -0.39 is 12.1 Å². The predicted molar refractivity (Wildman–Crippen MR) is 66.1 cm³/mol. The number of piperazine rings is 1. The number of nitrogens with one attached hydrogen (secondary N) is 1. The molecule has 1 saturated heterocycles. The molecule has 1 N–H and O–H groups in total. The fourth-order valence-electron chi connectivity index (χ4n) is 1.86. The van der Waals surface area contributed by atoms with Crippen LogP contribution in [0.5, 0.6) is 0 Å². The quantitative estimate of drug-likeness (QED) is 0.641. The predicted octanol–water partition coefficient (Wildman–Crippen LogP) is -0.225. The Bertz CT molecular complexity index is 296. The first-order chi connectivity index (χ1) is 8.57. The van der Waals surface area contributed by atoms with Gasteiger partial charge in [0, 0.05) is 20.3 Å². The fourth-order valence-corrected chi connectivity index (χ4v) is 1.86. The SMILES string of the molecule is COCCOCCCN1C(=O)C(C)NC(=O)C1C. The van der Waals surface area contributed by atoms with E-state index in [-0.39, 0.29) is 11.8 Å². The highest BCUT2D eigenvalue weighted by atomic mass is 16.5. The number of carbonyl (C=O) groups is 2. The molecule has 0 aromatic heterocycles. The highest BCUT2D eigenvalue weighted by Gasteiger charge is 2.35. The van der Waals surface area contributed by atoms with Crippen LogP contribution in [0.3, 0.4) is 0 Å². The number of amides is 2. The van der Waals surface area contributed by atoms with Crippen LogP contribution in [-0.2, 0) is 19.1 Å². The largest absolute Gasteiger partial charge is 0.382 e. The van der Waals surface area contributed by atoms with E-state index in [1.807, 2.05) is 0 Å². The zero-order chi connectivity index (χ0) is 13.5. The Labute approximate surface area is 108 Å². The molecule has 1 rings (SSSR count). The van der Waals surface area contributed by atoms with Crippen molar-refractivity contribution in [2.24, 2.45) is 0 Å². The summed E-state index contributed by atoms with van der Waals surface area (Å²) < 4.78 is 10.2. The molecule has 2 amide bonds. The molecule has 0 aliphatic carbocycles. The lowest BCUT2D eigenvalue weighted by atomic mass is 10.1. The lowest BCUT2D eigenvalue weighted by Crippen LogP contribution is -2.61. The van der Waals surface area contributed by atoms with Gasteiger partial charge in [-0.2, -0.15) is 0 Å². The molecule has 1 fully saturated rings. The topological polar surface area (TPSA) is 67.9 Å². The van der Waals surface area contributed by atoms with Gasteiger partial charge in [-0.25, -0.2) is 0 Å². The van der Waals surface area contributed by atoms with Crippen molar-refractivity contribution in [2.75, 3.05) is 33.5 Å². The molecule has 0 aromatic rings. The minimum atomic E-state index is -0.428. The minimum absolute atomic E-state index is 0.0287. The number of hydrogen-bond acceptors (Lipinski definition) is 4. The summed E-state index contributed by atoms with van der Waals surface area (Å²) in [5, 5.41) is 2.65. The molecule has 104 valence electrons. The molecule has 0 bridgehead atoms. The maximum absolute atomic E-state index is 11.9. The number of ether oxygens (including phenoxy) is 2. The summed E-state index contributed by atoms with van der Waals surface area (Å²) in [5.74, 6) is -0.124. The third-order valence-corrected chi connectivity index (χ3v) is 2.98. The summed E-state index contributed by atoms with van der Waals surface area (Å²) in [6.45, 7) is 5.68. The van der Waals surface area contributed by atoms with Gasteiger partial charge in [-0.05, 0) is 20.3 Å². The van der Waals surface area contributed by atoms with Gasteiger partial charge in [0.25, 0.3) is 0 Å². The van der Waals surface area contributed by atoms with Gasteiger partial charge in [0.1, 0.15) is 12.1 Å². The number of rotatable bonds is 7. The third kappa shape index (κ3) is 3.96. The van der Waals surface area contributed by atoms with E-state index >= 15 is 0 Å². The molecule has 6 nitrogen and oxygen atoms in total. The van der Waals surface area contributed by atoms with Crippen LogP contribution >= 0.6 is 0 Å². The van der Waals surface area contributed by atoms with E-state index in [4.69, 9.17) is 9.47 Å². The molecule has 2 unspecified atom stereocenters. The Hall–Kier alpha value is -1.14. The third-order valence-electron chi connectivity index (χ3n) is 2.98. The van der Waals surface area contributed by atoms with Crippen molar-refractivity contribution >= 4 is 11.8 Å². The van der Waals surface area contributed by atoms with Crippen LogP contribution < -0.4 is 5.32 Å². The first-order valence-electron chi connectivity index (χ1n) is 6.25. The van der Waals surface area contributed by atoms with Crippen molar-refractivity contribution in [1.82, 2.24) is 10.2 Å². The van der Waals surface area contributed by atoms with E-state index in [0.717, 1.165) is 6.42 Å². The normalized spacial score (nSPS) is 24.3. The summed E-state index contributed by atoms with van der Waals surface area (Å²) >= 11 is 0. The number of methoxy groups -OCH3 is 1. The summed E-state index contributed by atoms with van der Waals surface area (Å²) in [6, 6.07) is -0.823. The monoisotopic (exact) mass is 258 g/mol. The van der Waals surface area contributed by atoms with E-state index in [9.17, 15) is 9.59 Å². The number of nitrogens with zero attached hydrogens (tertiary/aromatic N) is 1. The second kappa shape index (κ2) is 7.33. The van der Waals surface area contributed by atoms with Crippen LogP contribution in [0.1, 0.15) is 20.3 Å². The summed E-state index contributed by atoms with van der Waals surface area (Å²) in [6.07, 6.45) is 0.722. The second-order valence-corrected chi connectivity index (χ2v) is 4.40. The Morgan fingerprint density at radius 3 is 2.61 bits per heavy atom. The Morgan fingerprint density at radius 2 is 1.94 bits per heavy atom. The van der Waals surface area contributed by atoms with Crippen LogP contribution in [0.2, 0.25) is 0 Å². The molecule has 1 aliphatic rings. The molecular formula is C12H22N2O4. The zero-order valence-corrected chi connectivity index (χ0v) is 11.3. The van der Waals surface area contributed by atoms with Gasteiger partial charge in [-0.3, -0.25) is 9.59 Å². The molecular weight excluding hydrogens is 236 g/mol. The highest BCUT2D eigenvalue weighted by Crippen LogP contribution is 2.10. The summed E-state index contributed by atoms with van der Waals surface area (Å²) in [7, 11) is 1.62. The molecule has 6 heteroatoms. The van der Waals surface area contributed by atoms with Gasteiger partial charge >= 0.3 is 0 Å². The molecule has 1 heterocycles. The van der Waals surface area contributed by atoms with Crippen molar-refractivity contribution in [1.29, 1.82) is 0 Å².